The third kappa shape index (κ3) is 5.25. The molecule has 9 rings (SSSR count). The summed E-state index contributed by atoms with van der Waals surface area (Å²) >= 11 is 0. The van der Waals surface area contributed by atoms with Gasteiger partial charge in [-0.05, 0) is 121 Å². The first-order chi connectivity index (χ1) is 26.6. The molecule has 0 fully saturated rings. The van der Waals surface area contributed by atoms with E-state index in [2.05, 4.69) is 136 Å². The average molecular weight is 697 g/mol. The van der Waals surface area contributed by atoms with E-state index in [0.29, 0.717) is 0 Å². The molecule has 0 N–H and O–H groups in total. The van der Waals surface area contributed by atoms with Crippen molar-refractivity contribution in [2.45, 2.75) is 25.7 Å². The topological polar surface area (TPSA) is 26.3 Å². The van der Waals surface area contributed by atoms with E-state index in [9.17, 15) is 0 Å². The minimum absolute atomic E-state index is 0.799. The number of aryl methyl sites for hydroxylation is 1. The summed E-state index contributed by atoms with van der Waals surface area (Å²) in [6.07, 6.45) is 22.6. The van der Waals surface area contributed by atoms with E-state index in [1.807, 2.05) is 30.4 Å². The van der Waals surface area contributed by atoms with Gasteiger partial charge in [0.05, 0.1) is 11.6 Å². The van der Waals surface area contributed by atoms with Crippen molar-refractivity contribution in [3.63, 3.8) is 0 Å². The van der Waals surface area contributed by atoms with Gasteiger partial charge in [-0.25, -0.2) is 0 Å². The number of rotatable bonds is 7. The second-order valence-corrected chi connectivity index (χ2v) is 13.9. The quantitative estimate of drug-likeness (QED) is 0.166. The van der Waals surface area contributed by atoms with Gasteiger partial charge in [0.15, 0.2) is 0 Å². The molecule has 0 spiro atoms. The van der Waals surface area contributed by atoms with Crippen LogP contribution in [0.2, 0.25) is 0 Å². The number of hydrogen-bond acceptors (Lipinski definition) is 2. The second kappa shape index (κ2) is 13.7. The van der Waals surface area contributed by atoms with E-state index in [-0.39, 0.29) is 0 Å². The van der Waals surface area contributed by atoms with Crippen LogP contribution in [0.5, 0.6) is 0 Å². The van der Waals surface area contributed by atoms with Crippen molar-refractivity contribution in [3.05, 3.63) is 174 Å². The van der Waals surface area contributed by atoms with Crippen LogP contribution in [0.25, 0.3) is 109 Å². The molecule has 260 valence electrons. The molecule has 0 bridgehead atoms. The maximum absolute atomic E-state index is 6.63. The summed E-state index contributed by atoms with van der Waals surface area (Å²) in [7, 11) is 0. The Labute approximate surface area is 315 Å². The molecule has 0 saturated heterocycles. The van der Waals surface area contributed by atoms with Gasteiger partial charge in [0, 0.05) is 16.3 Å². The van der Waals surface area contributed by atoms with Crippen LogP contribution in [-0.2, 0) is 6.42 Å². The summed E-state index contributed by atoms with van der Waals surface area (Å²) < 4.78 is 13.1. The zero-order chi connectivity index (χ0) is 36.8. The molecule has 2 heterocycles. The average Bonchev–Trinajstić information content (AvgIpc) is 3.66. The van der Waals surface area contributed by atoms with Gasteiger partial charge < -0.3 is 8.83 Å². The predicted octanol–water partition coefficient (Wildman–Crippen LogP) is 13.3. The fourth-order valence-corrected chi connectivity index (χ4v) is 8.65. The summed E-state index contributed by atoms with van der Waals surface area (Å²) in [5, 5.41) is 6.80. The van der Waals surface area contributed by atoms with Crippen LogP contribution in [0.15, 0.2) is 138 Å². The Bertz CT molecular complexity index is 2960. The highest BCUT2D eigenvalue weighted by Gasteiger charge is 2.22. The van der Waals surface area contributed by atoms with Crippen molar-refractivity contribution in [3.8, 4) is 33.4 Å². The monoisotopic (exact) mass is 696 g/mol. The van der Waals surface area contributed by atoms with Gasteiger partial charge in [-0.1, -0.05) is 142 Å². The Morgan fingerprint density at radius 1 is 0.556 bits per heavy atom. The molecule has 2 aliphatic rings. The smallest absolute Gasteiger partial charge is 0.146 e. The molecule has 2 nitrogen and oxygen atoms in total. The summed E-state index contributed by atoms with van der Waals surface area (Å²) in [6, 6.07) is 32.1. The van der Waals surface area contributed by atoms with Crippen molar-refractivity contribution in [2.75, 3.05) is 0 Å². The highest BCUT2D eigenvalue weighted by molar-refractivity contribution is 6.23. The largest absolute Gasteiger partial charge is 0.464 e. The third-order valence-corrected chi connectivity index (χ3v) is 11.0. The highest BCUT2D eigenvalue weighted by atomic mass is 16.3. The van der Waals surface area contributed by atoms with E-state index < -0.39 is 0 Å². The Hall–Kier alpha value is -6.64. The summed E-state index contributed by atoms with van der Waals surface area (Å²) in [5.74, 6) is 0.941. The van der Waals surface area contributed by atoms with E-state index >= 15 is 0 Å². The molecule has 2 aromatic heterocycles. The lowest BCUT2D eigenvalue weighted by Gasteiger charge is -2.22. The zero-order valence-corrected chi connectivity index (χ0v) is 30.3. The van der Waals surface area contributed by atoms with E-state index in [1.54, 1.807) is 6.26 Å². The predicted molar refractivity (Wildman–Crippen MR) is 233 cm³/mol. The van der Waals surface area contributed by atoms with Crippen LogP contribution in [-0.4, -0.2) is 0 Å². The zero-order valence-electron chi connectivity index (χ0n) is 30.3. The lowest BCUT2D eigenvalue weighted by atomic mass is 9.82. The first-order valence-electron chi connectivity index (χ1n) is 18.7. The van der Waals surface area contributed by atoms with Crippen molar-refractivity contribution in [2.24, 2.45) is 0 Å². The molecule has 0 amide bonds. The summed E-state index contributed by atoms with van der Waals surface area (Å²) in [4.78, 5) is 0. The first kappa shape index (κ1) is 33.2. The van der Waals surface area contributed by atoms with Gasteiger partial charge in [0.1, 0.15) is 16.9 Å². The van der Waals surface area contributed by atoms with Crippen molar-refractivity contribution in [1.82, 2.24) is 0 Å². The second-order valence-electron chi connectivity index (χ2n) is 13.9. The molecule has 0 unspecified atom stereocenters. The highest BCUT2D eigenvalue weighted by Crippen LogP contribution is 2.42. The third-order valence-electron chi connectivity index (χ3n) is 11.0. The van der Waals surface area contributed by atoms with Gasteiger partial charge in [-0.15, -0.1) is 0 Å². The van der Waals surface area contributed by atoms with Crippen molar-refractivity contribution >= 4 is 75.2 Å². The molecule has 5 aromatic carbocycles. The summed E-state index contributed by atoms with van der Waals surface area (Å²) in [6.45, 7) is 17.0. The van der Waals surface area contributed by atoms with Crippen LogP contribution in [0.4, 0.5) is 0 Å². The summed E-state index contributed by atoms with van der Waals surface area (Å²) in [5.41, 5.74) is 13.9. The van der Waals surface area contributed by atoms with Gasteiger partial charge >= 0.3 is 0 Å². The van der Waals surface area contributed by atoms with Gasteiger partial charge in [0.25, 0.3) is 0 Å². The number of benzene rings is 5. The van der Waals surface area contributed by atoms with Gasteiger partial charge in [-0.3, -0.25) is 0 Å². The fourth-order valence-electron chi connectivity index (χ4n) is 8.65. The van der Waals surface area contributed by atoms with Crippen LogP contribution in [0.1, 0.15) is 52.8 Å². The van der Waals surface area contributed by atoms with Gasteiger partial charge in [0.2, 0.25) is 0 Å². The first-order valence-corrected chi connectivity index (χ1v) is 18.7. The van der Waals surface area contributed by atoms with Crippen LogP contribution in [0, 0.1) is 0 Å². The van der Waals surface area contributed by atoms with Crippen LogP contribution >= 0.6 is 0 Å². The standard InChI is InChI=1S/C52H40O2/c1-5-33-18-16-27-40(37(33)6-2)49-39(8-4)38(7-3)48(41-22-9-10-23-42(41)49)36-20-15-19-35(32-36)34-21-17-31-53-51-44-25-12-11-24-43(44)50-45-26-13-14-28-47(45)54-52(50)46(51)30-29-34/h5-8,11-12,14-25,27-32H,1-4,9-10,13,26H2. The molecule has 2 heteroatoms. The molecule has 0 aliphatic heterocycles. The molecule has 2 aliphatic carbocycles. The Kier molecular flexibility index (Phi) is 8.44. The molecular weight excluding hydrogens is 657 g/mol. The van der Waals surface area contributed by atoms with Crippen LogP contribution in [0.3, 0.4) is 0 Å². The maximum atomic E-state index is 6.63. The molecular formula is C52H40O2. The SMILES string of the molecule is C=Cc1cccc(-c2c(C=C)c(C=C)c(-c3cccc(-c4cccoc5c6ccccc6c6c7c(oc6c5cc4)C=CCC7)c3)c3c2=CCCC=3)c1C=C. The van der Waals surface area contributed by atoms with Gasteiger partial charge in [-0.2, -0.15) is 0 Å². The molecule has 0 radical (unpaired) electrons. The molecule has 0 atom stereocenters. The number of fused-ring (bicyclic) bond motifs is 9. The Morgan fingerprint density at radius 3 is 2.07 bits per heavy atom. The number of hydrogen-bond donors (Lipinski definition) is 0. The van der Waals surface area contributed by atoms with E-state index in [4.69, 9.17) is 8.83 Å². The molecule has 0 saturated carbocycles. The Morgan fingerprint density at radius 2 is 1.28 bits per heavy atom. The lowest BCUT2D eigenvalue weighted by Crippen LogP contribution is -2.33. The Balaban J connectivity index is 1.28. The van der Waals surface area contributed by atoms with Crippen molar-refractivity contribution < 1.29 is 8.83 Å². The minimum atomic E-state index is 0.799. The number of allylic oxidation sites excluding steroid dienone is 1. The lowest BCUT2D eigenvalue weighted by molar-refractivity contribution is 0.594. The van der Waals surface area contributed by atoms with Crippen molar-refractivity contribution in [1.29, 1.82) is 0 Å². The van der Waals surface area contributed by atoms with E-state index in [0.717, 1.165) is 114 Å². The molecule has 7 aromatic rings. The fraction of sp³-hybridized carbons (Fsp3) is 0.0769. The van der Waals surface area contributed by atoms with Crippen LogP contribution < -0.4 is 10.4 Å². The number of furan rings is 1. The minimum Gasteiger partial charge on any atom is -0.464 e. The molecule has 54 heavy (non-hydrogen) atoms. The van der Waals surface area contributed by atoms with E-state index in [1.165, 1.54) is 21.4 Å². The maximum Gasteiger partial charge on any atom is 0.146 e. The normalized spacial score (nSPS) is 13.0.